The Morgan fingerprint density at radius 2 is 1.84 bits per heavy atom. The minimum Gasteiger partial charge on any atom is -0.478 e. The van der Waals surface area contributed by atoms with Crippen LogP contribution < -0.4 is 0 Å². The monoisotopic (exact) mass is 278 g/mol. The molecule has 1 heterocycles. The Labute approximate surface area is 107 Å². The number of halogens is 3. The van der Waals surface area contributed by atoms with Crippen molar-refractivity contribution in [2.75, 3.05) is 14.1 Å². The zero-order valence-corrected chi connectivity index (χ0v) is 10.5. The van der Waals surface area contributed by atoms with Gasteiger partial charge in [0.15, 0.2) is 0 Å². The number of alkyl halides is 3. The molecule has 0 aliphatic carbocycles. The van der Waals surface area contributed by atoms with E-state index in [0.29, 0.717) is 6.20 Å². The van der Waals surface area contributed by atoms with Crippen LogP contribution in [0.2, 0.25) is 0 Å². The largest absolute Gasteiger partial charge is 0.478 e. The van der Waals surface area contributed by atoms with Crippen molar-refractivity contribution < 1.29 is 27.9 Å². The normalized spacial score (nSPS) is 13.2. The first-order chi connectivity index (χ1) is 8.55. The van der Waals surface area contributed by atoms with Gasteiger partial charge in [0.25, 0.3) is 0 Å². The lowest BCUT2D eigenvalue weighted by Crippen LogP contribution is -2.29. The van der Waals surface area contributed by atoms with Crippen molar-refractivity contribution in [2.24, 2.45) is 0 Å². The van der Waals surface area contributed by atoms with Crippen LogP contribution in [0, 0.1) is 0 Å². The maximum Gasteiger partial charge on any atom is 0.418 e. The lowest BCUT2D eigenvalue weighted by atomic mass is 10.2. The van der Waals surface area contributed by atoms with Gasteiger partial charge in [-0.3, -0.25) is 4.79 Å². The zero-order valence-electron chi connectivity index (χ0n) is 10.5. The zero-order chi connectivity index (χ0) is 15.0. The van der Waals surface area contributed by atoms with Crippen LogP contribution in [0.3, 0.4) is 0 Å². The molecule has 1 aromatic rings. The van der Waals surface area contributed by atoms with E-state index in [1.807, 2.05) is 0 Å². The molecule has 8 heteroatoms. The third-order valence-electron chi connectivity index (χ3n) is 2.63. The van der Waals surface area contributed by atoms with Crippen molar-refractivity contribution in [3.63, 3.8) is 0 Å². The first kappa shape index (κ1) is 15.1. The summed E-state index contributed by atoms with van der Waals surface area (Å²) in [6.45, 7) is 1.40. The molecule has 0 spiro atoms. The highest BCUT2D eigenvalue weighted by Crippen LogP contribution is 2.33. The van der Waals surface area contributed by atoms with E-state index in [1.165, 1.54) is 25.9 Å². The van der Waals surface area contributed by atoms with Crippen LogP contribution in [0.1, 0.15) is 28.9 Å². The minimum atomic E-state index is -4.78. The average Bonchev–Trinajstić information content (AvgIpc) is 2.71. The third kappa shape index (κ3) is 3.07. The Balaban J connectivity index is 3.26. The van der Waals surface area contributed by atoms with Gasteiger partial charge < -0.3 is 14.6 Å². The molecule has 0 fully saturated rings. The highest BCUT2D eigenvalue weighted by atomic mass is 19.4. The van der Waals surface area contributed by atoms with E-state index in [0.717, 1.165) is 10.8 Å². The molecule has 1 rings (SSSR count). The van der Waals surface area contributed by atoms with Crippen LogP contribution in [-0.2, 0) is 11.0 Å². The molecular weight excluding hydrogens is 265 g/mol. The highest BCUT2D eigenvalue weighted by Gasteiger charge is 2.37. The van der Waals surface area contributed by atoms with Crippen molar-refractivity contribution in [1.82, 2.24) is 9.47 Å². The number of aromatic carboxylic acids is 1. The van der Waals surface area contributed by atoms with Crippen molar-refractivity contribution >= 4 is 11.9 Å². The minimum absolute atomic E-state index is 0.430. The number of carboxylic acid groups (broad SMARTS) is 1. The maximum absolute atomic E-state index is 12.7. The second-order valence-corrected chi connectivity index (χ2v) is 4.24. The lowest BCUT2D eigenvalue weighted by Gasteiger charge is -2.18. The summed E-state index contributed by atoms with van der Waals surface area (Å²) in [5.74, 6) is -2.11. The van der Waals surface area contributed by atoms with Crippen LogP contribution in [0.5, 0.6) is 0 Å². The molecule has 1 atom stereocenters. The molecular formula is C11H13F3N2O3. The Morgan fingerprint density at radius 1 is 1.32 bits per heavy atom. The number of aromatic nitrogens is 1. The smallest absolute Gasteiger partial charge is 0.418 e. The number of hydrogen-bond donors (Lipinski definition) is 1. The predicted molar refractivity (Wildman–Crippen MR) is 59.8 cm³/mol. The van der Waals surface area contributed by atoms with Crippen molar-refractivity contribution in [3.05, 3.63) is 23.5 Å². The molecule has 0 aliphatic rings. The SMILES string of the molecule is CC(C(=O)N(C)C)n1cc(C(=O)O)c(C(F)(F)F)c1. The molecule has 1 unspecified atom stereocenters. The van der Waals surface area contributed by atoms with E-state index in [4.69, 9.17) is 5.11 Å². The van der Waals surface area contributed by atoms with Gasteiger partial charge in [0.2, 0.25) is 5.91 Å². The summed E-state index contributed by atoms with van der Waals surface area (Å²) in [6, 6.07) is -0.913. The second kappa shape index (κ2) is 4.94. The fourth-order valence-electron chi connectivity index (χ4n) is 1.60. The lowest BCUT2D eigenvalue weighted by molar-refractivity contribution is -0.138. The number of nitrogens with zero attached hydrogens (tertiary/aromatic N) is 2. The highest BCUT2D eigenvalue weighted by molar-refractivity contribution is 5.90. The molecule has 0 aliphatic heterocycles. The molecule has 0 saturated heterocycles. The quantitative estimate of drug-likeness (QED) is 0.917. The van der Waals surface area contributed by atoms with E-state index in [-0.39, 0.29) is 0 Å². The van der Waals surface area contributed by atoms with Gasteiger partial charge in [0, 0.05) is 26.5 Å². The first-order valence-corrected chi connectivity index (χ1v) is 5.28. The molecule has 0 aromatic carbocycles. The van der Waals surface area contributed by atoms with Crippen LogP contribution in [0.25, 0.3) is 0 Å². The number of likely N-dealkylation sites (N-methyl/N-ethyl adjacent to an activating group) is 1. The van der Waals surface area contributed by atoms with E-state index < -0.39 is 35.2 Å². The molecule has 0 saturated carbocycles. The van der Waals surface area contributed by atoms with Gasteiger partial charge in [-0.1, -0.05) is 0 Å². The Bertz CT molecular complexity index is 506. The van der Waals surface area contributed by atoms with E-state index >= 15 is 0 Å². The number of carbonyl (C=O) groups is 2. The third-order valence-corrected chi connectivity index (χ3v) is 2.63. The fourth-order valence-corrected chi connectivity index (χ4v) is 1.60. The number of amides is 1. The first-order valence-electron chi connectivity index (χ1n) is 5.28. The number of hydrogen-bond acceptors (Lipinski definition) is 2. The van der Waals surface area contributed by atoms with Crippen LogP contribution in [-0.4, -0.2) is 40.5 Å². The van der Waals surface area contributed by atoms with Gasteiger partial charge in [-0.25, -0.2) is 4.79 Å². The summed E-state index contributed by atoms with van der Waals surface area (Å²) in [5.41, 5.74) is -2.13. The summed E-state index contributed by atoms with van der Waals surface area (Å²) in [6.07, 6.45) is -3.33. The van der Waals surface area contributed by atoms with Crippen LogP contribution >= 0.6 is 0 Å². The number of carbonyl (C=O) groups excluding carboxylic acids is 1. The molecule has 0 bridgehead atoms. The molecule has 0 radical (unpaired) electrons. The number of carboxylic acids is 1. The fraction of sp³-hybridized carbons (Fsp3) is 0.455. The van der Waals surface area contributed by atoms with Gasteiger partial charge in [-0.05, 0) is 6.92 Å². The van der Waals surface area contributed by atoms with E-state index in [9.17, 15) is 22.8 Å². The summed E-state index contributed by atoms with van der Waals surface area (Å²) in [4.78, 5) is 23.7. The number of rotatable bonds is 3. The molecule has 5 nitrogen and oxygen atoms in total. The summed E-state index contributed by atoms with van der Waals surface area (Å²) in [5, 5.41) is 8.76. The van der Waals surface area contributed by atoms with Gasteiger partial charge in [-0.2, -0.15) is 13.2 Å². The van der Waals surface area contributed by atoms with Gasteiger partial charge in [-0.15, -0.1) is 0 Å². The van der Waals surface area contributed by atoms with E-state index in [2.05, 4.69) is 0 Å². The topological polar surface area (TPSA) is 62.5 Å². The average molecular weight is 278 g/mol. The standard InChI is InChI=1S/C11H13F3N2O3/c1-6(9(17)15(2)3)16-4-7(10(18)19)8(5-16)11(12,13)14/h4-6H,1-3H3,(H,18,19). The Kier molecular flexibility index (Phi) is 3.92. The molecule has 19 heavy (non-hydrogen) atoms. The Hall–Kier alpha value is -1.99. The summed E-state index contributed by atoms with van der Waals surface area (Å²) >= 11 is 0. The van der Waals surface area contributed by atoms with E-state index in [1.54, 1.807) is 0 Å². The summed E-state index contributed by atoms with van der Waals surface area (Å²) < 4.78 is 39.0. The Morgan fingerprint density at radius 3 is 2.16 bits per heavy atom. The van der Waals surface area contributed by atoms with Gasteiger partial charge in [0.1, 0.15) is 6.04 Å². The molecule has 106 valence electrons. The van der Waals surface area contributed by atoms with Gasteiger partial charge >= 0.3 is 12.1 Å². The predicted octanol–water partition coefficient (Wildman–Crippen LogP) is 1.85. The second-order valence-electron chi connectivity index (χ2n) is 4.24. The van der Waals surface area contributed by atoms with Gasteiger partial charge in [0.05, 0.1) is 11.1 Å². The maximum atomic E-state index is 12.7. The molecule has 1 N–H and O–H groups in total. The van der Waals surface area contributed by atoms with Crippen molar-refractivity contribution in [1.29, 1.82) is 0 Å². The van der Waals surface area contributed by atoms with Crippen molar-refractivity contribution in [2.45, 2.75) is 19.1 Å². The molecule has 1 aromatic heterocycles. The summed E-state index contributed by atoms with van der Waals surface area (Å²) in [7, 11) is 2.93. The van der Waals surface area contributed by atoms with Crippen LogP contribution in [0.15, 0.2) is 12.4 Å². The van der Waals surface area contributed by atoms with Crippen molar-refractivity contribution in [3.8, 4) is 0 Å². The molecule has 1 amide bonds. The van der Waals surface area contributed by atoms with Crippen LogP contribution in [0.4, 0.5) is 13.2 Å².